The number of aromatic amines is 1. The van der Waals surface area contributed by atoms with Gasteiger partial charge in [0, 0.05) is 16.7 Å². The third-order valence-corrected chi connectivity index (χ3v) is 6.04. The molecule has 0 saturated heterocycles. The summed E-state index contributed by atoms with van der Waals surface area (Å²) >= 11 is 6.58. The predicted molar refractivity (Wildman–Crippen MR) is 134 cm³/mol. The number of carbonyl (C=O) groups excluding carboxylic acids is 1. The van der Waals surface area contributed by atoms with Gasteiger partial charge in [-0.1, -0.05) is 60.1 Å². The van der Waals surface area contributed by atoms with E-state index in [-0.39, 0.29) is 11.8 Å². The second-order valence-corrected chi connectivity index (χ2v) is 8.41. The van der Waals surface area contributed by atoms with Gasteiger partial charge in [0.1, 0.15) is 11.5 Å². The summed E-state index contributed by atoms with van der Waals surface area (Å²) in [6.45, 7) is 1.76. The zero-order valence-electron chi connectivity index (χ0n) is 18.5. The monoisotopic (exact) mass is 485 g/mol. The number of aromatic hydroxyl groups is 1. The van der Waals surface area contributed by atoms with Gasteiger partial charge in [-0.05, 0) is 53.9 Å². The molecule has 0 spiro atoms. The number of nitrogens with zero attached hydrogens (tertiary/aromatic N) is 1. The maximum Gasteiger partial charge on any atom is 0.300 e. The molecule has 0 radical (unpaired) electrons. The molecule has 7 nitrogen and oxygen atoms in total. The number of para-hydroxylation sites is 1. The van der Waals surface area contributed by atoms with Crippen molar-refractivity contribution < 1.29 is 19.8 Å². The summed E-state index contributed by atoms with van der Waals surface area (Å²) in [6.07, 6.45) is 0. The second-order valence-electron chi connectivity index (χ2n) is 8.01. The molecule has 0 unspecified atom stereocenters. The highest BCUT2D eigenvalue weighted by molar-refractivity contribution is 6.34. The van der Waals surface area contributed by atoms with Crippen LogP contribution in [0.2, 0.25) is 5.02 Å². The molecule has 4 aromatic carbocycles. The normalized spacial score (nSPS) is 10.9. The molecule has 0 aliphatic rings. The molecular formula is C27H20ClN3O4. The number of benzene rings is 4. The minimum Gasteiger partial charge on any atom is -0.507 e. The Balaban J connectivity index is 1.44. The average molecular weight is 486 g/mol. The van der Waals surface area contributed by atoms with E-state index in [0.29, 0.717) is 32.9 Å². The number of hydroxylamine groups is 1. The minimum absolute atomic E-state index is 0.224. The topological polar surface area (TPSA) is 107 Å². The first-order valence-electron chi connectivity index (χ1n) is 10.7. The maximum absolute atomic E-state index is 11.8. The van der Waals surface area contributed by atoms with Crippen LogP contribution in [-0.4, -0.2) is 26.2 Å². The lowest BCUT2D eigenvalue weighted by Gasteiger charge is -2.08. The van der Waals surface area contributed by atoms with Gasteiger partial charge in [0.2, 0.25) is 0 Å². The van der Waals surface area contributed by atoms with Crippen LogP contribution in [0.4, 0.5) is 0 Å². The van der Waals surface area contributed by atoms with Gasteiger partial charge in [0.25, 0.3) is 11.9 Å². The molecule has 0 bridgehead atoms. The Morgan fingerprint density at radius 2 is 1.69 bits per heavy atom. The molecule has 0 fully saturated rings. The Morgan fingerprint density at radius 1 is 0.971 bits per heavy atom. The number of imidazole rings is 1. The molecule has 174 valence electrons. The van der Waals surface area contributed by atoms with E-state index in [4.69, 9.17) is 21.5 Å². The number of nitrogens with one attached hydrogen (secondary N) is 2. The van der Waals surface area contributed by atoms with Crippen molar-refractivity contribution in [3.05, 3.63) is 95.0 Å². The van der Waals surface area contributed by atoms with E-state index in [2.05, 4.69) is 9.97 Å². The Bertz CT molecular complexity index is 1560. The minimum atomic E-state index is -0.623. The third-order valence-electron chi connectivity index (χ3n) is 5.73. The van der Waals surface area contributed by atoms with Crippen molar-refractivity contribution in [1.29, 1.82) is 0 Å². The number of H-pyrrole nitrogens is 1. The SMILES string of the molecule is Cc1ccc(Oc2nc3cc(-c4ccc(-c5ccccc5O)cc4)c(Cl)cc3[nH]2)cc1C(=O)NO. The molecule has 5 aromatic rings. The molecule has 0 aliphatic carbocycles. The van der Waals surface area contributed by atoms with Crippen molar-refractivity contribution in [2.45, 2.75) is 6.92 Å². The van der Waals surface area contributed by atoms with Gasteiger partial charge in [0.05, 0.1) is 16.1 Å². The van der Waals surface area contributed by atoms with Crippen LogP contribution < -0.4 is 10.2 Å². The van der Waals surface area contributed by atoms with E-state index in [9.17, 15) is 9.90 Å². The van der Waals surface area contributed by atoms with Crippen LogP contribution in [0.1, 0.15) is 15.9 Å². The van der Waals surface area contributed by atoms with Crippen LogP contribution in [0.15, 0.2) is 78.9 Å². The van der Waals surface area contributed by atoms with Gasteiger partial charge < -0.3 is 14.8 Å². The highest BCUT2D eigenvalue weighted by Gasteiger charge is 2.14. The van der Waals surface area contributed by atoms with Crippen molar-refractivity contribution in [3.63, 3.8) is 0 Å². The Hall–Kier alpha value is -4.33. The Labute approximate surface area is 205 Å². The summed E-state index contributed by atoms with van der Waals surface area (Å²) in [4.78, 5) is 19.4. The number of fused-ring (bicyclic) bond motifs is 1. The van der Waals surface area contributed by atoms with Crippen LogP contribution in [0.5, 0.6) is 17.5 Å². The number of aryl methyl sites for hydroxylation is 1. The van der Waals surface area contributed by atoms with Gasteiger partial charge in [-0.15, -0.1) is 0 Å². The van der Waals surface area contributed by atoms with Gasteiger partial charge in [-0.25, -0.2) is 5.48 Å². The number of carbonyl (C=O) groups is 1. The first-order valence-corrected chi connectivity index (χ1v) is 11.1. The number of amides is 1. The quantitative estimate of drug-likeness (QED) is 0.168. The number of phenols is 1. The first-order chi connectivity index (χ1) is 16.9. The molecule has 0 saturated carbocycles. The molecule has 1 heterocycles. The largest absolute Gasteiger partial charge is 0.507 e. The van der Waals surface area contributed by atoms with Gasteiger partial charge in [-0.3, -0.25) is 10.0 Å². The highest BCUT2D eigenvalue weighted by Crippen LogP contribution is 2.35. The summed E-state index contributed by atoms with van der Waals surface area (Å²) in [5.74, 6) is -0.0109. The summed E-state index contributed by atoms with van der Waals surface area (Å²) in [7, 11) is 0. The van der Waals surface area contributed by atoms with Crippen LogP contribution >= 0.6 is 11.6 Å². The fraction of sp³-hybridized carbons (Fsp3) is 0.0370. The van der Waals surface area contributed by atoms with E-state index in [0.717, 1.165) is 22.3 Å². The summed E-state index contributed by atoms with van der Waals surface area (Å²) in [5, 5.41) is 19.6. The lowest BCUT2D eigenvalue weighted by atomic mass is 9.99. The second kappa shape index (κ2) is 9.13. The zero-order valence-corrected chi connectivity index (χ0v) is 19.3. The third kappa shape index (κ3) is 4.42. The summed E-state index contributed by atoms with van der Waals surface area (Å²) in [6, 6.07) is 23.8. The highest BCUT2D eigenvalue weighted by atomic mass is 35.5. The predicted octanol–water partition coefficient (Wildman–Crippen LogP) is 6.48. The van der Waals surface area contributed by atoms with Crippen LogP contribution in [0.25, 0.3) is 33.3 Å². The van der Waals surface area contributed by atoms with Crippen molar-refractivity contribution in [3.8, 4) is 39.8 Å². The lowest BCUT2D eigenvalue weighted by molar-refractivity contribution is 0.0705. The van der Waals surface area contributed by atoms with Crippen LogP contribution in [-0.2, 0) is 0 Å². The molecule has 0 aliphatic heterocycles. The number of phenolic OH excluding ortho intramolecular Hbond substituents is 1. The number of hydrogen-bond donors (Lipinski definition) is 4. The number of aromatic nitrogens is 2. The van der Waals surface area contributed by atoms with E-state index < -0.39 is 5.91 Å². The molecule has 1 amide bonds. The summed E-state index contributed by atoms with van der Waals surface area (Å²) < 4.78 is 5.82. The average Bonchev–Trinajstić information content (AvgIpc) is 3.25. The molecule has 5 rings (SSSR count). The molecule has 8 heteroatoms. The Morgan fingerprint density at radius 3 is 2.40 bits per heavy atom. The van der Waals surface area contributed by atoms with E-state index >= 15 is 0 Å². The number of ether oxygens (including phenoxy) is 1. The molecule has 35 heavy (non-hydrogen) atoms. The zero-order chi connectivity index (χ0) is 24.5. The number of hydrogen-bond acceptors (Lipinski definition) is 5. The van der Waals surface area contributed by atoms with Crippen molar-refractivity contribution in [1.82, 2.24) is 15.4 Å². The van der Waals surface area contributed by atoms with E-state index in [1.54, 1.807) is 42.7 Å². The van der Waals surface area contributed by atoms with Gasteiger partial charge >= 0.3 is 0 Å². The standard InChI is InChI=1S/C27H20ClN3O4/c1-15-6-11-18(12-20(15)26(33)31-34)35-27-29-23-13-21(22(28)14-24(23)30-27)17-9-7-16(8-10-17)19-4-2-3-5-25(19)32/h2-14,32,34H,1H3,(H,29,30)(H,31,33). The van der Waals surface area contributed by atoms with Crippen LogP contribution in [0.3, 0.4) is 0 Å². The van der Waals surface area contributed by atoms with Crippen molar-refractivity contribution in [2.24, 2.45) is 0 Å². The van der Waals surface area contributed by atoms with Crippen molar-refractivity contribution in [2.75, 3.05) is 0 Å². The summed E-state index contributed by atoms with van der Waals surface area (Å²) in [5.41, 5.74) is 7.32. The maximum atomic E-state index is 11.8. The number of rotatable bonds is 5. The Kier molecular flexibility index (Phi) is 5.86. The van der Waals surface area contributed by atoms with Crippen molar-refractivity contribution >= 4 is 28.5 Å². The van der Waals surface area contributed by atoms with E-state index in [1.807, 2.05) is 42.5 Å². The lowest BCUT2D eigenvalue weighted by Crippen LogP contribution is -2.19. The molecular weight excluding hydrogens is 466 g/mol. The van der Waals surface area contributed by atoms with E-state index in [1.165, 1.54) is 6.07 Å². The smallest absolute Gasteiger partial charge is 0.300 e. The number of halogens is 1. The first kappa shape index (κ1) is 22.5. The van der Waals surface area contributed by atoms with Crippen LogP contribution in [0, 0.1) is 6.92 Å². The molecule has 0 atom stereocenters. The fourth-order valence-electron chi connectivity index (χ4n) is 3.90. The van der Waals surface area contributed by atoms with Gasteiger partial charge in [-0.2, -0.15) is 4.98 Å². The molecule has 4 N–H and O–H groups in total. The van der Waals surface area contributed by atoms with Gasteiger partial charge in [0.15, 0.2) is 0 Å². The molecule has 1 aromatic heterocycles. The fourth-order valence-corrected chi connectivity index (χ4v) is 4.18.